The number of urea groups is 1. The van der Waals surface area contributed by atoms with Crippen molar-refractivity contribution in [1.29, 1.82) is 0 Å². The Morgan fingerprint density at radius 2 is 1.35 bits per heavy atom. The van der Waals surface area contributed by atoms with Crippen LogP contribution in [0.4, 0.5) is 30.6 Å². The standard InChI is InChI=1S/C24H21F2N3O5/c1-15(21(30)29-19-9-5-6-10-20(19)34-23(25)26)33-22(31)16-11-13-18(14-12-16)28-24(32)27-17-7-3-2-4-8-17/h2-15,23H,1H3,(H,29,30)(H2,27,28,32). The molecule has 1 unspecified atom stereocenters. The number of benzene rings is 3. The molecule has 0 bridgehead atoms. The smallest absolute Gasteiger partial charge is 0.387 e. The lowest BCUT2D eigenvalue weighted by Gasteiger charge is -2.16. The van der Waals surface area contributed by atoms with Crippen molar-refractivity contribution in [3.05, 3.63) is 84.4 Å². The van der Waals surface area contributed by atoms with Gasteiger partial charge in [-0.3, -0.25) is 4.79 Å². The van der Waals surface area contributed by atoms with Crippen molar-refractivity contribution in [3.63, 3.8) is 0 Å². The van der Waals surface area contributed by atoms with Crippen LogP contribution in [0, 0.1) is 0 Å². The monoisotopic (exact) mass is 469 g/mol. The molecule has 10 heteroatoms. The van der Waals surface area contributed by atoms with E-state index in [4.69, 9.17) is 4.74 Å². The van der Waals surface area contributed by atoms with E-state index in [1.165, 1.54) is 55.5 Å². The van der Waals surface area contributed by atoms with Crippen LogP contribution in [0.2, 0.25) is 0 Å². The molecule has 8 nitrogen and oxygen atoms in total. The third-order valence-corrected chi connectivity index (χ3v) is 4.42. The Balaban J connectivity index is 1.54. The highest BCUT2D eigenvalue weighted by Gasteiger charge is 2.21. The van der Waals surface area contributed by atoms with Gasteiger partial charge in [-0.15, -0.1) is 0 Å². The predicted octanol–water partition coefficient (Wildman–Crippen LogP) is 5.12. The zero-order valence-electron chi connectivity index (χ0n) is 18.0. The zero-order valence-corrected chi connectivity index (χ0v) is 18.0. The third-order valence-electron chi connectivity index (χ3n) is 4.42. The molecule has 3 aromatic rings. The average molecular weight is 469 g/mol. The molecule has 0 aromatic heterocycles. The van der Waals surface area contributed by atoms with E-state index in [1.807, 2.05) is 6.07 Å². The van der Waals surface area contributed by atoms with E-state index in [1.54, 1.807) is 24.3 Å². The van der Waals surface area contributed by atoms with Crippen LogP contribution in [-0.4, -0.2) is 30.6 Å². The zero-order chi connectivity index (χ0) is 24.5. The van der Waals surface area contributed by atoms with Gasteiger partial charge in [-0.25, -0.2) is 9.59 Å². The van der Waals surface area contributed by atoms with Crippen LogP contribution in [0.25, 0.3) is 0 Å². The largest absolute Gasteiger partial charge is 0.449 e. The summed E-state index contributed by atoms with van der Waals surface area (Å²) in [5.41, 5.74) is 1.22. The topological polar surface area (TPSA) is 106 Å². The summed E-state index contributed by atoms with van der Waals surface area (Å²) in [6.07, 6.45) is -1.22. The summed E-state index contributed by atoms with van der Waals surface area (Å²) < 4.78 is 34.6. The maximum Gasteiger partial charge on any atom is 0.387 e. The van der Waals surface area contributed by atoms with E-state index in [0.717, 1.165) is 0 Å². The SMILES string of the molecule is CC(OC(=O)c1ccc(NC(=O)Nc2ccccc2)cc1)C(=O)Nc1ccccc1OC(F)F. The molecule has 3 rings (SSSR count). The molecule has 0 saturated heterocycles. The van der Waals surface area contributed by atoms with Gasteiger partial charge in [0.2, 0.25) is 0 Å². The maximum atomic E-state index is 12.5. The first kappa shape index (κ1) is 24.2. The van der Waals surface area contributed by atoms with Crippen LogP contribution in [0.3, 0.4) is 0 Å². The first-order chi connectivity index (χ1) is 16.3. The Morgan fingerprint density at radius 1 is 0.765 bits per heavy atom. The number of ether oxygens (including phenoxy) is 2. The number of rotatable bonds is 8. The highest BCUT2D eigenvalue weighted by Crippen LogP contribution is 2.25. The summed E-state index contributed by atoms with van der Waals surface area (Å²) in [7, 11) is 0. The van der Waals surface area contributed by atoms with Crippen molar-refractivity contribution >= 4 is 35.0 Å². The number of hydrogen-bond donors (Lipinski definition) is 3. The van der Waals surface area contributed by atoms with Crippen molar-refractivity contribution in [1.82, 2.24) is 0 Å². The van der Waals surface area contributed by atoms with E-state index >= 15 is 0 Å². The number of amides is 3. The predicted molar refractivity (Wildman–Crippen MR) is 122 cm³/mol. The Bertz CT molecular complexity index is 1140. The molecule has 0 aliphatic heterocycles. The van der Waals surface area contributed by atoms with Crippen molar-refractivity contribution in [2.24, 2.45) is 0 Å². The van der Waals surface area contributed by atoms with E-state index < -0.39 is 30.6 Å². The minimum atomic E-state index is -3.06. The molecule has 176 valence electrons. The highest BCUT2D eigenvalue weighted by atomic mass is 19.3. The molecule has 3 aromatic carbocycles. The van der Waals surface area contributed by atoms with Gasteiger partial charge in [0.15, 0.2) is 6.10 Å². The summed E-state index contributed by atoms with van der Waals surface area (Å²) in [6, 6.07) is 19.9. The lowest BCUT2D eigenvalue weighted by atomic mass is 10.2. The summed E-state index contributed by atoms with van der Waals surface area (Å²) >= 11 is 0. The first-order valence-electron chi connectivity index (χ1n) is 10.1. The van der Waals surface area contributed by atoms with Gasteiger partial charge in [-0.1, -0.05) is 30.3 Å². The lowest BCUT2D eigenvalue weighted by molar-refractivity contribution is -0.123. The van der Waals surface area contributed by atoms with Crippen molar-refractivity contribution in [2.45, 2.75) is 19.6 Å². The number of hydrogen-bond acceptors (Lipinski definition) is 5. The van der Waals surface area contributed by atoms with E-state index in [0.29, 0.717) is 11.4 Å². The number of carbonyl (C=O) groups excluding carboxylic acids is 3. The normalized spacial score (nSPS) is 11.3. The van der Waals surface area contributed by atoms with Crippen LogP contribution in [0.1, 0.15) is 17.3 Å². The minimum Gasteiger partial charge on any atom is -0.449 e. The van der Waals surface area contributed by atoms with Crippen LogP contribution < -0.4 is 20.7 Å². The fourth-order valence-corrected chi connectivity index (χ4v) is 2.79. The molecule has 1 atom stereocenters. The van der Waals surface area contributed by atoms with Crippen LogP contribution >= 0.6 is 0 Å². The number of halogens is 2. The van der Waals surface area contributed by atoms with Crippen LogP contribution in [0.15, 0.2) is 78.9 Å². The molecule has 0 fully saturated rings. The van der Waals surface area contributed by atoms with E-state index in [-0.39, 0.29) is 17.0 Å². The number of carbonyl (C=O) groups is 3. The number of anilines is 3. The summed E-state index contributed by atoms with van der Waals surface area (Å²) in [5, 5.41) is 7.69. The van der Waals surface area contributed by atoms with Crippen LogP contribution in [-0.2, 0) is 9.53 Å². The first-order valence-corrected chi connectivity index (χ1v) is 10.1. The Labute approximate surface area is 193 Å². The molecule has 3 amide bonds. The molecule has 0 aliphatic rings. The molecule has 0 aliphatic carbocycles. The number of esters is 1. The van der Waals surface area contributed by atoms with Gasteiger partial charge in [-0.05, 0) is 55.5 Å². The van der Waals surface area contributed by atoms with E-state index in [2.05, 4.69) is 20.7 Å². The molecule has 0 saturated carbocycles. The van der Waals surface area contributed by atoms with Gasteiger partial charge in [-0.2, -0.15) is 8.78 Å². The molecule has 34 heavy (non-hydrogen) atoms. The average Bonchev–Trinajstić information content (AvgIpc) is 2.81. The second-order valence-corrected chi connectivity index (χ2v) is 6.93. The fraction of sp³-hybridized carbons (Fsp3) is 0.125. The van der Waals surface area contributed by atoms with Crippen LogP contribution in [0.5, 0.6) is 5.75 Å². The second-order valence-electron chi connectivity index (χ2n) is 6.93. The van der Waals surface area contributed by atoms with Crippen molar-refractivity contribution in [2.75, 3.05) is 16.0 Å². The van der Waals surface area contributed by atoms with Crippen molar-refractivity contribution < 1.29 is 32.6 Å². The van der Waals surface area contributed by atoms with Gasteiger partial charge in [0.1, 0.15) is 5.75 Å². The second kappa shape index (κ2) is 11.4. The Morgan fingerprint density at radius 3 is 2.00 bits per heavy atom. The summed E-state index contributed by atoms with van der Waals surface area (Å²) in [6.45, 7) is -1.72. The number of para-hydroxylation sites is 3. The quantitative estimate of drug-likeness (QED) is 0.397. The summed E-state index contributed by atoms with van der Waals surface area (Å²) in [4.78, 5) is 36.8. The molecule has 0 radical (unpaired) electrons. The van der Waals surface area contributed by atoms with E-state index in [9.17, 15) is 23.2 Å². The molecule has 0 spiro atoms. The fourth-order valence-electron chi connectivity index (χ4n) is 2.79. The Hall–Kier alpha value is -4.47. The van der Waals surface area contributed by atoms with Gasteiger partial charge >= 0.3 is 18.6 Å². The molecular formula is C24H21F2N3O5. The highest BCUT2D eigenvalue weighted by molar-refractivity contribution is 6.00. The number of alkyl halides is 2. The summed E-state index contributed by atoms with van der Waals surface area (Å²) in [5.74, 6) is -1.72. The van der Waals surface area contributed by atoms with Gasteiger partial charge < -0.3 is 25.4 Å². The Kier molecular flexibility index (Phi) is 8.11. The molecular weight excluding hydrogens is 448 g/mol. The molecule has 3 N–H and O–H groups in total. The van der Waals surface area contributed by atoms with Gasteiger partial charge in [0.05, 0.1) is 11.3 Å². The van der Waals surface area contributed by atoms with Gasteiger partial charge in [0.25, 0.3) is 5.91 Å². The van der Waals surface area contributed by atoms with Crippen molar-refractivity contribution in [3.8, 4) is 5.75 Å². The number of nitrogens with one attached hydrogen (secondary N) is 3. The lowest BCUT2D eigenvalue weighted by Crippen LogP contribution is -2.30. The maximum absolute atomic E-state index is 12.5. The van der Waals surface area contributed by atoms with Gasteiger partial charge in [0, 0.05) is 11.4 Å². The minimum absolute atomic E-state index is 0.0138. The third kappa shape index (κ3) is 7.02. The molecule has 0 heterocycles.